The molecule has 3 aromatic heterocycles. The van der Waals surface area contributed by atoms with Crippen molar-refractivity contribution in [2.75, 3.05) is 0 Å². The molecule has 5 nitrogen and oxygen atoms in total. The summed E-state index contributed by atoms with van der Waals surface area (Å²) in [6.07, 6.45) is 3.66. The number of aromatic nitrogens is 5. The molecule has 288 valence electrons. The van der Waals surface area contributed by atoms with Crippen molar-refractivity contribution < 1.29 is 0 Å². The Morgan fingerprint density at radius 1 is 0.246 bits per heavy atom. The van der Waals surface area contributed by atoms with Crippen molar-refractivity contribution in [2.45, 2.75) is 6.92 Å². The molecular weight excluding hydrogens is 743 g/mol. The summed E-state index contributed by atoms with van der Waals surface area (Å²) in [6, 6.07) is 71.6. The Hall–Kier alpha value is -8.15. The Labute approximate surface area is 355 Å². The van der Waals surface area contributed by atoms with E-state index in [-0.39, 0.29) is 0 Å². The highest BCUT2D eigenvalue weighted by Gasteiger charge is 2.17. The number of nitrogens with zero attached hydrogens (tertiary/aromatic N) is 5. The van der Waals surface area contributed by atoms with Gasteiger partial charge in [0.25, 0.3) is 0 Å². The monoisotopic (exact) mass is 781 g/mol. The highest BCUT2D eigenvalue weighted by atomic mass is 15.0. The van der Waals surface area contributed by atoms with Gasteiger partial charge in [0, 0.05) is 40.2 Å². The quantitative estimate of drug-likeness (QED) is 0.146. The van der Waals surface area contributed by atoms with Gasteiger partial charge in [0.15, 0.2) is 17.5 Å². The molecule has 0 aliphatic carbocycles. The maximum absolute atomic E-state index is 5.24. The number of hydrogen-bond donors (Lipinski definition) is 0. The minimum Gasteiger partial charge on any atom is -0.256 e. The molecule has 0 fully saturated rings. The molecule has 10 aromatic rings. The molecule has 0 spiro atoms. The van der Waals surface area contributed by atoms with Crippen molar-refractivity contribution in [3.05, 3.63) is 224 Å². The summed E-state index contributed by atoms with van der Waals surface area (Å²) in [6.45, 7) is 2.11. The van der Waals surface area contributed by atoms with Crippen molar-refractivity contribution in [2.24, 2.45) is 0 Å². The van der Waals surface area contributed by atoms with Gasteiger partial charge in [0.1, 0.15) is 0 Å². The number of aryl methyl sites for hydroxylation is 1. The van der Waals surface area contributed by atoms with Gasteiger partial charge in [-0.2, -0.15) is 0 Å². The Morgan fingerprint density at radius 3 is 1.00 bits per heavy atom. The van der Waals surface area contributed by atoms with E-state index >= 15 is 0 Å². The van der Waals surface area contributed by atoms with Gasteiger partial charge in [-0.25, -0.2) is 15.0 Å². The predicted octanol–water partition coefficient (Wildman–Crippen LogP) is 14.0. The Morgan fingerprint density at radius 2 is 0.557 bits per heavy atom. The first kappa shape index (κ1) is 37.1. The van der Waals surface area contributed by atoms with Gasteiger partial charge in [0.05, 0.1) is 11.4 Å². The van der Waals surface area contributed by atoms with E-state index in [9.17, 15) is 0 Å². The Balaban J connectivity index is 1.16. The van der Waals surface area contributed by atoms with E-state index in [0.29, 0.717) is 17.5 Å². The molecule has 0 amide bonds. The topological polar surface area (TPSA) is 64.5 Å². The van der Waals surface area contributed by atoms with Crippen LogP contribution < -0.4 is 0 Å². The van der Waals surface area contributed by atoms with Gasteiger partial charge in [-0.3, -0.25) is 9.97 Å². The van der Waals surface area contributed by atoms with Gasteiger partial charge in [-0.1, -0.05) is 151 Å². The van der Waals surface area contributed by atoms with Crippen LogP contribution in [0.25, 0.3) is 101 Å². The fourth-order valence-electron chi connectivity index (χ4n) is 7.64. The molecule has 5 heteroatoms. The van der Waals surface area contributed by atoms with E-state index in [2.05, 4.69) is 165 Å². The SMILES string of the molecule is Cc1ccc(-c2cc(-c3cc(-c4ccccn4)cc(-c4ccccn4)c3)cc(-c3nc(-c4ccc(-c5ccccc5)cc4)nc(-c4ccc(-c5ccccc5)cc4)n3)c2)cc1. The molecule has 3 heterocycles. The summed E-state index contributed by atoms with van der Waals surface area (Å²) in [5.74, 6) is 1.78. The van der Waals surface area contributed by atoms with Crippen LogP contribution in [0.4, 0.5) is 0 Å². The van der Waals surface area contributed by atoms with Gasteiger partial charge in [-0.05, 0) is 112 Å². The zero-order valence-electron chi connectivity index (χ0n) is 33.5. The van der Waals surface area contributed by atoms with Gasteiger partial charge < -0.3 is 0 Å². The van der Waals surface area contributed by atoms with E-state index in [4.69, 9.17) is 24.9 Å². The lowest BCUT2D eigenvalue weighted by molar-refractivity contribution is 1.07. The summed E-state index contributed by atoms with van der Waals surface area (Å²) in [5.41, 5.74) is 16.4. The molecule has 61 heavy (non-hydrogen) atoms. The summed E-state index contributed by atoms with van der Waals surface area (Å²) < 4.78 is 0. The maximum Gasteiger partial charge on any atom is 0.164 e. The third-order valence-electron chi connectivity index (χ3n) is 10.9. The molecule has 7 aromatic carbocycles. The van der Waals surface area contributed by atoms with Gasteiger partial charge in [0.2, 0.25) is 0 Å². The summed E-state index contributed by atoms with van der Waals surface area (Å²) in [4.78, 5) is 25.1. The first-order valence-corrected chi connectivity index (χ1v) is 20.4. The van der Waals surface area contributed by atoms with Crippen molar-refractivity contribution in [1.29, 1.82) is 0 Å². The first-order valence-electron chi connectivity index (χ1n) is 20.4. The third kappa shape index (κ3) is 8.14. The zero-order valence-corrected chi connectivity index (χ0v) is 33.5. The zero-order chi connectivity index (χ0) is 41.0. The second-order valence-electron chi connectivity index (χ2n) is 15.1. The summed E-state index contributed by atoms with van der Waals surface area (Å²) >= 11 is 0. The van der Waals surface area contributed by atoms with Crippen LogP contribution in [-0.2, 0) is 0 Å². The normalized spacial score (nSPS) is 11.0. The van der Waals surface area contributed by atoms with Crippen LogP contribution in [0, 0.1) is 6.92 Å². The van der Waals surface area contributed by atoms with Crippen molar-refractivity contribution >= 4 is 0 Å². The van der Waals surface area contributed by atoms with E-state index in [1.54, 1.807) is 0 Å². The lowest BCUT2D eigenvalue weighted by atomic mass is 9.92. The van der Waals surface area contributed by atoms with Crippen molar-refractivity contribution in [3.63, 3.8) is 0 Å². The maximum atomic E-state index is 5.24. The average molecular weight is 782 g/mol. The molecule has 0 radical (unpaired) electrons. The molecule has 0 N–H and O–H groups in total. The average Bonchev–Trinajstić information content (AvgIpc) is 3.35. The Kier molecular flexibility index (Phi) is 10.1. The fourth-order valence-corrected chi connectivity index (χ4v) is 7.64. The highest BCUT2D eigenvalue weighted by molar-refractivity contribution is 5.85. The van der Waals surface area contributed by atoms with Crippen LogP contribution in [0.2, 0.25) is 0 Å². The second kappa shape index (κ2) is 16.6. The molecular formula is C56H39N5. The van der Waals surface area contributed by atoms with E-state index < -0.39 is 0 Å². The predicted molar refractivity (Wildman–Crippen MR) is 249 cm³/mol. The molecule has 0 saturated heterocycles. The summed E-state index contributed by atoms with van der Waals surface area (Å²) in [7, 11) is 0. The first-order chi connectivity index (χ1) is 30.1. The minimum atomic E-state index is 0.584. The number of pyridine rings is 2. The van der Waals surface area contributed by atoms with Gasteiger partial charge in [-0.15, -0.1) is 0 Å². The molecule has 0 atom stereocenters. The van der Waals surface area contributed by atoms with Crippen LogP contribution in [0.15, 0.2) is 219 Å². The number of rotatable bonds is 9. The number of hydrogen-bond acceptors (Lipinski definition) is 5. The van der Waals surface area contributed by atoms with Crippen LogP contribution in [-0.4, -0.2) is 24.9 Å². The van der Waals surface area contributed by atoms with Gasteiger partial charge >= 0.3 is 0 Å². The third-order valence-corrected chi connectivity index (χ3v) is 10.9. The lowest BCUT2D eigenvalue weighted by Gasteiger charge is -2.14. The standard InChI is InChI=1S/C56H39N5/c1-38-18-20-43(21-19-38)46-32-47(48-33-49(52-16-8-10-30-57-52)37-50(34-48)53-17-9-11-31-58-53)36-51(35-46)56-60-54(44-26-22-41(23-27-44)39-12-4-2-5-13-39)59-55(61-56)45-28-24-42(25-29-45)40-14-6-3-7-15-40/h2-37H,1H3. The summed E-state index contributed by atoms with van der Waals surface area (Å²) in [5, 5.41) is 0. The molecule has 0 aliphatic heterocycles. The Bertz CT molecular complexity index is 2920. The van der Waals surface area contributed by atoms with Crippen molar-refractivity contribution in [1.82, 2.24) is 24.9 Å². The fraction of sp³-hybridized carbons (Fsp3) is 0.0179. The van der Waals surface area contributed by atoms with Crippen LogP contribution in [0.3, 0.4) is 0 Å². The van der Waals surface area contributed by atoms with Crippen LogP contribution in [0.1, 0.15) is 5.56 Å². The largest absolute Gasteiger partial charge is 0.256 e. The minimum absolute atomic E-state index is 0.584. The molecule has 0 aliphatic rings. The molecule has 0 saturated carbocycles. The van der Waals surface area contributed by atoms with Crippen molar-refractivity contribution in [3.8, 4) is 101 Å². The smallest absolute Gasteiger partial charge is 0.164 e. The lowest BCUT2D eigenvalue weighted by Crippen LogP contribution is -2.01. The van der Waals surface area contributed by atoms with E-state index in [1.807, 2.05) is 60.9 Å². The molecule has 10 rings (SSSR count). The highest BCUT2D eigenvalue weighted by Crippen LogP contribution is 2.37. The van der Waals surface area contributed by atoms with Crippen LogP contribution in [0.5, 0.6) is 0 Å². The van der Waals surface area contributed by atoms with Crippen LogP contribution >= 0.6 is 0 Å². The molecule has 0 bridgehead atoms. The number of benzene rings is 7. The second-order valence-corrected chi connectivity index (χ2v) is 15.1. The van der Waals surface area contributed by atoms with E-state index in [0.717, 1.165) is 83.7 Å². The molecule has 0 unspecified atom stereocenters. The van der Waals surface area contributed by atoms with E-state index in [1.165, 1.54) is 5.56 Å².